The number of carbonyl (C=O) groups is 7. The lowest BCUT2D eigenvalue weighted by Crippen LogP contribution is -2.64. The molecule has 0 spiro atoms. The van der Waals surface area contributed by atoms with Gasteiger partial charge in [0.2, 0.25) is 35.4 Å². The van der Waals surface area contributed by atoms with Crippen LogP contribution in [0.1, 0.15) is 87.6 Å². The lowest BCUT2D eigenvalue weighted by atomic mass is 9.98. The topological polar surface area (TPSA) is 468 Å². The highest BCUT2D eigenvalue weighted by molar-refractivity contribution is 7.90. The van der Waals surface area contributed by atoms with Gasteiger partial charge in [-0.2, -0.15) is 0 Å². The largest absolute Gasteiger partial charge is 0.504 e. The van der Waals surface area contributed by atoms with Gasteiger partial charge in [-0.3, -0.25) is 38.6 Å². The third-order valence-electron chi connectivity index (χ3n) is 16.4. The van der Waals surface area contributed by atoms with Crippen molar-refractivity contribution in [3.63, 3.8) is 0 Å². The number of amidine groups is 1. The van der Waals surface area contributed by atoms with E-state index in [0.717, 1.165) is 72.8 Å². The fraction of sp³-hybridized carbons (Fsp3) is 0.548. The van der Waals surface area contributed by atoms with Gasteiger partial charge in [0.05, 0.1) is 55.7 Å². The Balaban J connectivity index is 1.17. The molecule has 0 saturated carbocycles. The number of β-amino-alcohol motifs (C(OH)–C–C–N with tert-alkyl or cyclic N) is 1. The molecule has 0 bridgehead atoms. The molecule has 3 saturated heterocycles. The maximum absolute atomic E-state index is 15.0. The summed E-state index contributed by atoms with van der Waals surface area (Å²) in [6.45, 7) is 2.34. The van der Waals surface area contributed by atoms with E-state index in [2.05, 4.69) is 51.1 Å². The minimum absolute atomic E-state index is 0.0137. The van der Waals surface area contributed by atoms with Gasteiger partial charge in [-0.1, -0.05) is 65.1 Å². The van der Waals surface area contributed by atoms with Crippen LogP contribution in [0.3, 0.4) is 0 Å². The number of nitrogens with zero attached hydrogens (tertiary/aromatic N) is 5. The Morgan fingerprint density at radius 3 is 2.06 bits per heavy atom. The van der Waals surface area contributed by atoms with Gasteiger partial charge >= 0.3 is 0 Å². The number of benzene rings is 3. The van der Waals surface area contributed by atoms with Crippen LogP contribution in [-0.4, -0.2) is 241 Å². The van der Waals surface area contributed by atoms with E-state index < -0.39 is 158 Å². The molecule has 96 heavy (non-hydrogen) atoms. The molecule has 3 aliphatic heterocycles. The zero-order valence-electron chi connectivity index (χ0n) is 53.4. The summed E-state index contributed by atoms with van der Waals surface area (Å²) in [4.78, 5) is 108. The van der Waals surface area contributed by atoms with E-state index >= 15 is 4.79 Å². The lowest BCUT2D eigenvalue weighted by Gasteiger charge is -2.34. The van der Waals surface area contributed by atoms with E-state index in [1.165, 1.54) is 49.6 Å². The van der Waals surface area contributed by atoms with Gasteiger partial charge in [-0.15, -0.1) is 10.2 Å². The molecule has 3 aromatic carbocycles. The number of rotatable bonds is 28. The number of nitrogens with one attached hydrogen (secondary N) is 5. The molecule has 13 atom stereocenters. The smallest absolute Gasteiger partial charge is 0.261 e. The first-order valence-electron chi connectivity index (χ1n) is 31.3. The lowest BCUT2D eigenvalue weighted by molar-refractivity contribution is -0.433. The molecular formula is C62H85N11O21S2. The Hall–Kier alpha value is -7.71. The van der Waals surface area contributed by atoms with Crippen LogP contribution >= 0.6 is 23.7 Å². The summed E-state index contributed by atoms with van der Waals surface area (Å²) in [5.74, 6) is -8.66. The second-order valence-electron chi connectivity index (χ2n) is 23.6. The number of unbranched alkanes of at least 4 members (excludes halogenated alkanes) is 4. The Kier molecular flexibility index (Phi) is 29.3. The van der Waals surface area contributed by atoms with Crippen LogP contribution in [0.15, 0.2) is 71.7 Å². The standard InChI is InChI=1S/C62H85N11O21S2/c1-33-31-73-52(53(33)80)58(85)65-30-39(75)28-42(66-54(81)36-11-13-37(14-12-36)59-70-71-60(95-59)38-15-17-41(18-16-38)91-24-9-7-5-6-8-23-89-3)55(82)67-49(34(2)74)61(86)72-32-40(76)29-43(72)56(83)68-50(46(79)26-35-10-19-44(77)47(27-35)92-96-94-93-88)57(84)69-51(62(73)87)45(78)20-22-64-48(63)21-25-90-4/h10-19,27,33-34,39-40,42-43,45-46,49-53,74-80,88H,5-9,20-26,28-32H2,1-4H3,(H2,63,64)(H,65,85)(H,66,81)(H,67,82)(H,68,83)(H,69,84)/t33-,34+,39+,40+,42+,43+,45-,46-,49+,50+,51+,52+,53+/m1/s1. The Morgan fingerprint density at radius 1 is 0.760 bits per heavy atom. The maximum Gasteiger partial charge on any atom is 0.261 e. The SMILES string of the molecule is COCCCCCCCOc1ccc(-c2nnc(-c3ccc(C(=O)N[C@H]4C[C@H](O)CNC(=O)[C@@H]5[C@@H](O)[C@H](C)CN5C(=O)[C@H]([C@H](O)CCN=C(N)CCOC)NC(=O)[C@H]([C@H](O)Cc5ccc(O)c(OSOOO)c5)NC(=O)[C@@H]5C[C@H](O)CN5C(=O)[C@H]([C@H](C)O)NC4=O)cc3)s2)cc1. The van der Waals surface area contributed by atoms with Crippen molar-refractivity contribution >= 4 is 70.8 Å². The first-order valence-corrected chi connectivity index (χ1v) is 32.8. The van der Waals surface area contributed by atoms with Crippen LogP contribution in [0.5, 0.6) is 17.2 Å². The highest BCUT2D eigenvalue weighted by Crippen LogP contribution is 2.33. The zero-order chi connectivity index (χ0) is 69.6. The van der Waals surface area contributed by atoms with E-state index in [-0.39, 0.29) is 67.6 Å². The number of aliphatic hydroxyl groups is 6. The number of hydrogen-bond donors (Lipinski definition) is 14. The number of carbonyl (C=O) groups excluding carboxylic acids is 7. The van der Waals surface area contributed by atoms with E-state index in [1.807, 2.05) is 24.3 Å². The molecule has 0 unspecified atom stereocenters. The number of methoxy groups -OCH3 is 2. The zero-order valence-corrected chi connectivity index (χ0v) is 55.0. The fourth-order valence-electron chi connectivity index (χ4n) is 11.1. The molecular weight excluding hydrogens is 1300 g/mol. The molecule has 4 aromatic rings. The summed E-state index contributed by atoms with van der Waals surface area (Å²) in [5.41, 5.74) is 7.54. The minimum Gasteiger partial charge on any atom is -0.504 e. The number of ether oxygens (including phenoxy) is 3. The van der Waals surface area contributed by atoms with Crippen molar-refractivity contribution in [2.45, 2.75) is 151 Å². The van der Waals surface area contributed by atoms with E-state index in [1.54, 1.807) is 19.2 Å². The molecule has 1 aromatic heterocycles. The molecule has 15 N–H and O–H groups in total. The number of hydrogen-bond acceptors (Lipinski definition) is 26. The normalized spacial score (nSPS) is 24.3. The number of aromatic nitrogens is 2. The third kappa shape index (κ3) is 21.1. The Labute approximate surface area is 561 Å². The van der Waals surface area contributed by atoms with Gasteiger partial charge < -0.3 is 96.3 Å². The molecule has 4 heterocycles. The summed E-state index contributed by atoms with van der Waals surface area (Å²) < 4.78 is 25.5. The van der Waals surface area contributed by atoms with Crippen LogP contribution < -0.4 is 41.2 Å². The minimum atomic E-state index is -2.14. The second kappa shape index (κ2) is 37.1. The monoisotopic (exact) mass is 1380 g/mol. The highest BCUT2D eigenvalue weighted by atomic mass is 32.2. The summed E-state index contributed by atoms with van der Waals surface area (Å²) >= 11 is 1.37. The van der Waals surface area contributed by atoms with E-state index in [4.69, 9.17) is 29.4 Å². The molecule has 7 rings (SSSR count). The predicted molar refractivity (Wildman–Crippen MR) is 345 cm³/mol. The number of nitrogens with two attached hydrogens (primary N) is 1. The summed E-state index contributed by atoms with van der Waals surface area (Å²) in [6.07, 6.45) is -7.12. The van der Waals surface area contributed by atoms with Gasteiger partial charge in [-0.05, 0) is 80.3 Å². The molecule has 32 nitrogen and oxygen atoms in total. The number of aliphatic hydroxyl groups excluding tert-OH is 6. The van der Waals surface area contributed by atoms with Crippen molar-refractivity contribution in [2.75, 3.05) is 60.2 Å². The fourth-order valence-corrected chi connectivity index (χ4v) is 12.2. The van der Waals surface area contributed by atoms with E-state index in [0.29, 0.717) is 22.2 Å². The first-order chi connectivity index (χ1) is 46.0. The molecule has 526 valence electrons. The highest BCUT2D eigenvalue weighted by Gasteiger charge is 2.50. The van der Waals surface area contributed by atoms with Crippen molar-refractivity contribution in [1.29, 1.82) is 0 Å². The van der Waals surface area contributed by atoms with Crippen molar-refractivity contribution in [3.05, 3.63) is 77.9 Å². The molecule has 7 amide bonds. The van der Waals surface area contributed by atoms with Crippen LogP contribution in [-0.2, 0) is 54.0 Å². The van der Waals surface area contributed by atoms with Gasteiger partial charge in [0, 0.05) is 95.3 Å². The average Bonchev–Trinajstić information content (AvgIpc) is 1.61. The van der Waals surface area contributed by atoms with Crippen LogP contribution in [0.4, 0.5) is 0 Å². The van der Waals surface area contributed by atoms with Crippen molar-refractivity contribution < 1.29 is 102 Å². The van der Waals surface area contributed by atoms with Crippen molar-refractivity contribution in [3.8, 4) is 38.4 Å². The number of fused-ring (bicyclic) bond motifs is 2. The van der Waals surface area contributed by atoms with Gasteiger partial charge in [0.1, 0.15) is 52.0 Å². The summed E-state index contributed by atoms with van der Waals surface area (Å²) in [6, 6.07) is 5.81. The first kappa shape index (κ1) is 75.7. The van der Waals surface area contributed by atoms with Crippen LogP contribution in [0.2, 0.25) is 0 Å². The Bertz CT molecular complexity index is 3260. The van der Waals surface area contributed by atoms with Gasteiger partial charge in [-0.25, -0.2) is 5.26 Å². The molecule has 0 radical (unpaired) electrons. The van der Waals surface area contributed by atoms with Gasteiger partial charge in [0.15, 0.2) is 11.5 Å². The number of aromatic hydroxyl groups is 1. The number of phenols is 1. The number of phenolic OH excluding ortho intramolecular Hbond substituents is 1. The quantitative estimate of drug-likeness (QED) is 0.00863. The van der Waals surface area contributed by atoms with E-state index in [9.17, 15) is 64.5 Å². The molecule has 34 heteroatoms. The molecule has 3 aliphatic rings. The summed E-state index contributed by atoms with van der Waals surface area (Å²) in [7, 11) is 3.14. The van der Waals surface area contributed by atoms with Gasteiger partial charge in [0.25, 0.3) is 18.2 Å². The van der Waals surface area contributed by atoms with Crippen molar-refractivity contribution in [1.82, 2.24) is 46.6 Å². The number of amides is 7. The predicted octanol–water partition coefficient (Wildman–Crippen LogP) is -0.351. The van der Waals surface area contributed by atoms with Crippen LogP contribution in [0.25, 0.3) is 21.1 Å². The average molecular weight is 1380 g/mol. The number of aliphatic imine (C=N–C) groups is 1. The summed E-state index contributed by atoms with van der Waals surface area (Å²) in [5, 5.41) is 114. The van der Waals surface area contributed by atoms with Crippen LogP contribution in [0, 0.1) is 5.92 Å². The second-order valence-corrected chi connectivity index (χ2v) is 25.0. The molecule has 3 fully saturated rings. The van der Waals surface area contributed by atoms with Crippen molar-refractivity contribution in [2.24, 2.45) is 16.6 Å². The maximum atomic E-state index is 15.0. The Morgan fingerprint density at radius 2 is 1.40 bits per heavy atom. The third-order valence-corrected chi connectivity index (χ3v) is 17.8. The molecule has 0 aliphatic carbocycles.